The van der Waals surface area contributed by atoms with Crippen LogP contribution in [0.2, 0.25) is 0 Å². The maximum absolute atomic E-state index is 9.36. The van der Waals surface area contributed by atoms with Gasteiger partial charge in [-0.25, -0.2) is 9.97 Å². The summed E-state index contributed by atoms with van der Waals surface area (Å²) < 4.78 is 0. The van der Waals surface area contributed by atoms with Crippen molar-refractivity contribution < 1.29 is 5.11 Å². The molecule has 0 spiro atoms. The highest BCUT2D eigenvalue weighted by molar-refractivity contribution is 5.47. The second-order valence-corrected chi connectivity index (χ2v) is 5.74. The number of aliphatic hydroxyl groups is 1. The van der Waals surface area contributed by atoms with Gasteiger partial charge in [0.15, 0.2) is 0 Å². The van der Waals surface area contributed by atoms with Crippen LogP contribution in [0, 0.1) is 5.41 Å². The van der Waals surface area contributed by atoms with E-state index in [1.807, 2.05) is 6.07 Å². The monoisotopic (exact) mass is 278 g/mol. The Balaban J connectivity index is 2.03. The SMILES string of the molecule is CCCNc1cc(NCC2(CO)CC2)nc(CCC)n1. The van der Waals surface area contributed by atoms with E-state index in [4.69, 9.17) is 0 Å². The summed E-state index contributed by atoms with van der Waals surface area (Å²) in [4.78, 5) is 9.08. The molecule has 0 radical (unpaired) electrons. The zero-order valence-corrected chi connectivity index (χ0v) is 12.6. The smallest absolute Gasteiger partial charge is 0.133 e. The Morgan fingerprint density at radius 1 is 1.15 bits per heavy atom. The van der Waals surface area contributed by atoms with Crippen LogP contribution in [0.5, 0.6) is 0 Å². The molecule has 1 aliphatic rings. The number of aliphatic hydroxyl groups excluding tert-OH is 1. The van der Waals surface area contributed by atoms with Crippen LogP contribution in [0.4, 0.5) is 11.6 Å². The van der Waals surface area contributed by atoms with Crippen molar-refractivity contribution in [1.29, 1.82) is 0 Å². The van der Waals surface area contributed by atoms with Crippen LogP contribution in [-0.2, 0) is 6.42 Å². The molecule has 0 unspecified atom stereocenters. The summed E-state index contributed by atoms with van der Waals surface area (Å²) in [5.41, 5.74) is 0.0902. The Morgan fingerprint density at radius 3 is 2.40 bits per heavy atom. The Morgan fingerprint density at radius 2 is 1.85 bits per heavy atom. The molecule has 5 heteroatoms. The molecule has 1 aromatic rings. The van der Waals surface area contributed by atoms with Gasteiger partial charge in [-0.05, 0) is 25.7 Å². The van der Waals surface area contributed by atoms with E-state index in [0.717, 1.165) is 62.7 Å². The van der Waals surface area contributed by atoms with E-state index >= 15 is 0 Å². The fourth-order valence-electron chi connectivity index (χ4n) is 2.11. The zero-order chi connectivity index (χ0) is 14.4. The first-order chi connectivity index (χ1) is 9.71. The van der Waals surface area contributed by atoms with Crippen LogP contribution in [-0.4, -0.2) is 34.8 Å². The molecule has 112 valence electrons. The van der Waals surface area contributed by atoms with Gasteiger partial charge in [0.2, 0.25) is 0 Å². The normalized spacial score (nSPS) is 15.9. The summed E-state index contributed by atoms with van der Waals surface area (Å²) in [7, 11) is 0. The Kier molecular flexibility index (Phi) is 5.17. The third-order valence-electron chi connectivity index (χ3n) is 3.74. The summed E-state index contributed by atoms with van der Waals surface area (Å²) in [6, 6.07) is 1.96. The first kappa shape index (κ1) is 15.0. The van der Waals surface area contributed by atoms with Gasteiger partial charge in [-0.2, -0.15) is 0 Å². The van der Waals surface area contributed by atoms with Crippen molar-refractivity contribution in [2.75, 3.05) is 30.3 Å². The predicted octanol–water partition coefficient (Wildman–Crippen LogP) is 2.44. The van der Waals surface area contributed by atoms with Gasteiger partial charge in [-0.15, -0.1) is 0 Å². The molecular weight excluding hydrogens is 252 g/mol. The van der Waals surface area contributed by atoms with Crippen LogP contribution in [0.3, 0.4) is 0 Å². The summed E-state index contributed by atoms with van der Waals surface area (Å²) >= 11 is 0. The lowest BCUT2D eigenvalue weighted by molar-refractivity contribution is 0.219. The number of aryl methyl sites for hydroxylation is 1. The molecule has 1 heterocycles. The maximum Gasteiger partial charge on any atom is 0.133 e. The third-order valence-corrected chi connectivity index (χ3v) is 3.74. The predicted molar refractivity (Wildman–Crippen MR) is 82.1 cm³/mol. The van der Waals surface area contributed by atoms with Crippen molar-refractivity contribution in [1.82, 2.24) is 9.97 Å². The van der Waals surface area contributed by atoms with E-state index < -0.39 is 0 Å². The van der Waals surface area contributed by atoms with Gasteiger partial charge in [0.25, 0.3) is 0 Å². The quantitative estimate of drug-likeness (QED) is 0.647. The molecular formula is C15H26N4O. The molecule has 0 saturated heterocycles. The number of nitrogens with one attached hydrogen (secondary N) is 2. The maximum atomic E-state index is 9.36. The number of nitrogens with zero attached hydrogens (tertiary/aromatic N) is 2. The molecule has 2 rings (SSSR count). The Bertz CT molecular complexity index is 432. The van der Waals surface area contributed by atoms with E-state index in [-0.39, 0.29) is 12.0 Å². The number of anilines is 2. The van der Waals surface area contributed by atoms with Crippen molar-refractivity contribution in [2.24, 2.45) is 5.41 Å². The number of hydrogen-bond acceptors (Lipinski definition) is 5. The van der Waals surface area contributed by atoms with Gasteiger partial charge in [-0.3, -0.25) is 0 Å². The Hall–Kier alpha value is -1.36. The minimum atomic E-state index is 0.0902. The van der Waals surface area contributed by atoms with E-state index in [0.29, 0.717) is 0 Å². The van der Waals surface area contributed by atoms with Crippen LogP contribution >= 0.6 is 0 Å². The molecule has 0 atom stereocenters. The van der Waals surface area contributed by atoms with Gasteiger partial charge in [-0.1, -0.05) is 13.8 Å². The summed E-state index contributed by atoms with van der Waals surface area (Å²) in [5.74, 6) is 2.63. The molecule has 3 N–H and O–H groups in total. The van der Waals surface area contributed by atoms with Gasteiger partial charge in [0, 0.05) is 31.0 Å². The fourth-order valence-corrected chi connectivity index (χ4v) is 2.11. The highest BCUT2D eigenvalue weighted by Gasteiger charge is 2.41. The molecule has 0 aliphatic heterocycles. The minimum absolute atomic E-state index is 0.0902. The summed E-state index contributed by atoms with van der Waals surface area (Å²) in [6.07, 6.45) is 5.21. The molecule has 1 aromatic heterocycles. The molecule has 5 nitrogen and oxygen atoms in total. The summed E-state index contributed by atoms with van der Waals surface area (Å²) in [5, 5.41) is 16.0. The van der Waals surface area contributed by atoms with Crippen LogP contribution < -0.4 is 10.6 Å². The zero-order valence-electron chi connectivity index (χ0n) is 12.6. The van der Waals surface area contributed by atoms with Gasteiger partial charge in [0.1, 0.15) is 17.5 Å². The number of aromatic nitrogens is 2. The number of rotatable bonds is 9. The largest absolute Gasteiger partial charge is 0.396 e. The van der Waals surface area contributed by atoms with E-state index in [1.54, 1.807) is 0 Å². The molecule has 1 saturated carbocycles. The van der Waals surface area contributed by atoms with E-state index in [9.17, 15) is 5.11 Å². The van der Waals surface area contributed by atoms with Crippen LogP contribution in [0.25, 0.3) is 0 Å². The fraction of sp³-hybridized carbons (Fsp3) is 0.733. The third kappa shape index (κ3) is 4.07. The average molecular weight is 278 g/mol. The molecule has 0 amide bonds. The van der Waals surface area contributed by atoms with Crippen molar-refractivity contribution >= 4 is 11.6 Å². The van der Waals surface area contributed by atoms with Gasteiger partial charge >= 0.3 is 0 Å². The van der Waals surface area contributed by atoms with E-state index in [1.165, 1.54) is 0 Å². The average Bonchev–Trinajstić information content (AvgIpc) is 3.24. The molecule has 20 heavy (non-hydrogen) atoms. The number of hydrogen-bond donors (Lipinski definition) is 3. The van der Waals surface area contributed by atoms with Crippen molar-refractivity contribution in [3.05, 3.63) is 11.9 Å². The minimum Gasteiger partial charge on any atom is -0.396 e. The molecule has 1 fully saturated rings. The lowest BCUT2D eigenvalue weighted by atomic mass is 10.1. The highest BCUT2D eigenvalue weighted by atomic mass is 16.3. The second-order valence-electron chi connectivity index (χ2n) is 5.74. The topological polar surface area (TPSA) is 70.1 Å². The van der Waals surface area contributed by atoms with Crippen LogP contribution in [0.15, 0.2) is 6.07 Å². The first-order valence-corrected chi connectivity index (χ1v) is 7.68. The van der Waals surface area contributed by atoms with Gasteiger partial charge in [0.05, 0.1) is 6.61 Å². The standard InChI is InChI=1S/C15H26N4O/c1-3-5-12-18-13(16-8-4-2)9-14(19-12)17-10-15(11-20)6-7-15/h9,20H,3-8,10-11H2,1-2H3,(H2,16,17,18,19). The lowest BCUT2D eigenvalue weighted by Crippen LogP contribution is -2.20. The van der Waals surface area contributed by atoms with Crippen molar-refractivity contribution in [2.45, 2.75) is 46.0 Å². The molecule has 0 aromatic carbocycles. The Labute approximate surface area is 121 Å². The van der Waals surface area contributed by atoms with Crippen molar-refractivity contribution in [3.8, 4) is 0 Å². The van der Waals surface area contributed by atoms with Crippen LogP contribution in [0.1, 0.15) is 45.4 Å². The molecule has 0 bridgehead atoms. The summed E-state index contributed by atoms with van der Waals surface area (Å²) in [6.45, 7) is 6.24. The van der Waals surface area contributed by atoms with Crippen molar-refractivity contribution in [3.63, 3.8) is 0 Å². The van der Waals surface area contributed by atoms with E-state index in [2.05, 4.69) is 34.4 Å². The highest BCUT2D eigenvalue weighted by Crippen LogP contribution is 2.44. The molecule has 1 aliphatic carbocycles. The second kappa shape index (κ2) is 6.88. The lowest BCUT2D eigenvalue weighted by Gasteiger charge is -2.15. The first-order valence-electron chi connectivity index (χ1n) is 7.68. The van der Waals surface area contributed by atoms with Gasteiger partial charge < -0.3 is 15.7 Å².